The number of hydrogen-bond acceptors (Lipinski definition) is 2. The fourth-order valence-corrected chi connectivity index (χ4v) is 1.18. The third-order valence-electron chi connectivity index (χ3n) is 1.75. The van der Waals surface area contributed by atoms with Crippen LogP contribution in [0.1, 0.15) is 0 Å². The lowest BCUT2D eigenvalue weighted by Crippen LogP contribution is -2.02. The molecule has 1 heterocycles. The Balaban J connectivity index is 0.000000249. The number of hydrogen-bond donors (Lipinski definition) is 0. The van der Waals surface area contributed by atoms with Gasteiger partial charge in [-0.3, -0.25) is 4.98 Å². The van der Waals surface area contributed by atoms with E-state index in [4.69, 9.17) is 5.39 Å². The van der Waals surface area contributed by atoms with Crippen molar-refractivity contribution in [3.63, 3.8) is 0 Å². The van der Waals surface area contributed by atoms with Crippen LogP contribution in [0.5, 0.6) is 0 Å². The van der Waals surface area contributed by atoms with E-state index in [-0.39, 0.29) is 0 Å². The molecule has 0 saturated carbocycles. The monoisotopic (exact) mass is 243 g/mol. The number of pyridine rings is 1. The van der Waals surface area contributed by atoms with Gasteiger partial charge in [0.2, 0.25) is 5.39 Å². The second-order valence-electron chi connectivity index (χ2n) is 2.97. The number of diazo groups is 1. The van der Waals surface area contributed by atoms with E-state index in [0.29, 0.717) is 5.69 Å². The summed E-state index contributed by atoms with van der Waals surface area (Å²) in [5.41, 5.74) is 0.508. The fourth-order valence-electron chi connectivity index (χ4n) is 1.18. The lowest BCUT2D eigenvalue weighted by molar-refractivity contribution is 0.368. The smallest absolute Gasteiger partial charge is 0.418 e. The van der Waals surface area contributed by atoms with E-state index in [2.05, 4.69) is 9.96 Å². The molecule has 8 heteroatoms. The molecule has 0 radical (unpaired) electrons. The number of fused-ring (bicyclic) bond motifs is 1. The summed E-state index contributed by atoms with van der Waals surface area (Å²) in [5, 5.41) is 10.5. The van der Waals surface area contributed by atoms with E-state index in [1.807, 2.05) is 24.3 Å². The first-order chi connectivity index (χ1) is 7.92. The molecule has 2 aromatic rings. The quantitative estimate of drug-likeness (QED) is 0.398. The highest BCUT2D eigenvalue weighted by Crippen LogP contribution is 2.23. The Morgan fingerprint density at radius 2 is 1.65 bits per heavy atom. The second kappa shape index (κ2) is 5.25. The van der Waals surface area contributed by atoms with Gasteiger partial charge in [0.25, 0.3) is 0 Å². The first-order valence-corrected chi connectivity index (χ1v) is 4.47. The van der Waals surface area contributed by atoms with Crippen LogP contribution in [0, 0.1) is 5.39 Å². The maximum absolute atomic E-state index is 9.75. The number of rotatable bonds is 0. The normalized spacial score (nSPS) is 10.3. The minimum Gasteiger partial charge on any atom is -0.418 e. The molecule has 0 aliphatic carbocycles. The minimum absolute atomic E-state index is 0.508. The number of aromatic nitrogens is 1. The van der Waals surface area contributed by atoms with Crippen molar-refractivity contribution in [2.75, 3.05) is 0 Å². The molecular weight excluding hydrogens is 237 g/mol. The molecule has 0 atom stereocenters. The number of nitrogens with zero attached hydrogens (tertiary/aromatic N) is 3. The highest BCUT2D eigenvalue weighted by molar-refractivity contribution is 6.50. The summed E-state index contributed by atoms with van der Waals surface area (Å²) >= 11 is 0. The van der Waals surface area contributed by atoms with Gasteiger partial charge in [-0.15, -0.1) is 0 Å². The van der Waals surface area contributed by atoms with Crippen LogP contribution in [0.4, 0.5) is 23.0 Å². The largest absolute Gasteiger partial charge is 0.673 e. The van der Waals surface area contributed by atoms with Gasteiger partial charge in [-0.05, 0) is 6.07 Å². The van der Waals surface area contributed by atoms with E-state index in [9.17, 15) is 17.3 Å². The molecule has 0 aliphatic heterocycles. The molecule has 0 aliphatic rings. The van der Waals surface area contributed by atoms with Crippen molar-refractivity contribution in [2.45, 2.75) is 0 Å². The molecule has 0 unspecified atom stereocenters. The van der Waals surface area contributed by atoms with Crippen LogP contribution < -0.4 is 0 Å². The Labute approximate surface area is 93.8 Å². The Morgan fingerprint density at radius 1 is 1.06 bits per heavy atom. The molecule has 0 bridgehead atoms. The molecular formula is C9H6BF4N3. The molecule has 0 amide bonds. The molecule has 1 aromatic heterocycles. The van der Waals surface area contributed by atoms with Crippen LogP contribution in [-0.4, -0.2) is 12.2 Å². The van der Waals surface area contributed by atoms with E-state index in [0.717, 1.165) is 10.8 Å². The van der Waals surface area contributed by atoms with Crippen LogP contribution in [-0.2, 0) is 0 Å². The predicted octanol–water partition coefficient (Wildman–Crippen LogP) is 4.02. The molecule has 88 valence electrons. The highest BCUT2D eigenvalue weighted by atomic mass is 19.5. The van der Waals surface area contributed by atoms with Crippen molar-refractivity contribution in [1.82, 2.24) is 4.98 Å². The van der Waals surface area contributed by atoms with Crippen molar-refractivity contribution in [1.29, 1.82) is 5.39 Å². The number of halogens is 4. The predicted molar refractivity (Wildman–Crippen MR) is 56.7 cm³/mol. The Bertz CT molecular complexity index is 538. The SMILES string of the molecule is F[B-](F)(F)F.N#[N+]c1cncc2ccccc12. The van der Waals surface area contributed by atoms with Gasteiger partial charge in [0.1, 0.15) is 6.20 Å². The zero-order valence-corrected chi connectivity index (χ0v) is 8.39. The van der Waals surface area contributed by atoms with Gasteiger partial charge < -0.3 is 17.3 Å². The second-order valence-corrected chi connectivity index (χ2v) is 2.97. The molecule has 1 aromatic carbocycles. The summed E-state index contributed by atoms with van der Waals surface area (Å²) in [7, 11) is -6.00. The molecule has 0 N–H and O–H groups in total. The highest BCUT2D eigenvalue weighted by Gasteiger charge is 2.20. The Morgan fingerprint density at radius 3 is 2.24 bits per heavy atom. The van der Waals surface area contributed by atoms with Crippen molar-refractivity contribution < 1.29 is 17.3 Å². The summed E-state index contributed by atoms with van der Waals surface area (Å²) in [4.78, 5) is 7.07. The molecule has 3 nitrogen and oxygen atoms in total. The molecule has 0 fully saturated rings. The first-order valence-electron chi connectivity index (χ1n) is 4.47. The summed E-state index contributed by atoms with van der Waals surface area (Å²) in [6, 6.07) is 7.64. The van der Waals surface area contributed by atoms with Crippen LogP contribution >= 0.6 is 0 Å². The zero-order valence-electron chi connectivity index (χ0n) is 8.39. The molecule has 17 heavy (non-hydrogen) atoms. The molecule has 0 spiro atoms. The molecule has 0 saturated heterocycles. The Hall–Kier alpha value is -2.17. The van der Waals surface area contributed by atoms with E-state index in [1.165, 1.54) is 6.20 Å². The van der Waals surface area contributed by atoms with Gasteiger partial charge in [0.15, 0.2) is 4.98 Å². The van der Waals surface area contributed by atoms with Crippen molar-refractivity contribution in [3.05, 3.63) is 41.6 Å². The summed E-state index contributed by atoms with van der Waals surface area (Å²) in [6.07, 6.45) is 3.27. The Kier molecular flexibility index (Phi) is 3.98. The summed E-state index contributed by atoms with van der Waals surface area (Å²) < 4.78 is 39.0. The third kappa shape index (κ3) is 4.46. The fraction of sp³-hybridized carbons (Fsp3) is 0. The summed E-state index contributed by atoms with van der Waals surface area (Å²) in [5.74, 6) is 0. The lowest BCUT2D eigenvalue weighted by atomic mass is 10.1. The zero-order chi connectivity index (χ0) is 12.9. The van der Waals surface area contributed by atoms with Crippen molar-refractivity contribution in [3.8, 4) is 0 Å². The lowest BCUT2D eigenvalue weighted by Gasteiger charge is -1.94. The maximum atomic E-state index is 9.75. The van der Waals surface area contributed by atoms with Crippen LogP contribution in [0.15, 0.2) is 36.7 Å². The van der Waals surface area contributed by atoms with E-state index < -0.39 is 7.25 Å². The van der Waals surface area contributed by atoms with Gasteiger partial charge in [-0.25, -0.2) is 0 Å². The molecule has 2 rings (SSSR count). The third-order valence-corrected chi connectivity index (χ3v) is 1.75. The van der Waals surface area contributed by atoms with Crippen LogP contribution in [0.25, 0.3) is 15.7 Å². The van der Waals surface area contributed by atoms with Crippen molar-refractivity contribution >= 4 is 23.7 Å². The van der Waals surface area contributed by atoms with Gasteiger partial charge in [-0.1, -0.05) is 18.2 Å². The average molecular weight is 243 g/mol. The van der Waals surface area contributed by atoms with Crippen LogP contribution in [0.2, 0.25) is 0 Å². The standard InChI is InChI=1S/C9H6N3.BF4/c10-12-9-6-11-5-7-3-1-2-4-8(7)9;2-1(3,4)5/h1-6H;/q+1;-1. The van der Waals surface area contributed by atoms with Gasteiger partial charge in [0, 0.05) is 11.6 Å². The average Bonchev–Trinajstić information content (AvgIpc) is 2.26. The first kappa shape index (κ1) is 12.9. The topological polar surface area (TPSA) is 41.0 Å². The van der Waals surface area contributed by atoms with Gasteiger partial charge in [-0.2, -0.15) is 0 Å². The number of benzene rings is 1. The van der Waals surface area contributed by atoms with Crippen LogP contribution in [0.3, 0.4) is 0 Å². The summed E-state index contributed by atoms with van der Waals surface area (Å²) in [6.45, 7) is 0. The van der Waals surface area contributed by atoms with E-state index in [1.54, 1.807) is 6.20 Å². The van der Waals surface area contributed by atoms with Gasteiger partial charge >= 0.3 is 12.9 Å². The minimum atomic E-state index is -6.00. The van der Waals surface area contributed by atoms with Crippen molar-refractivity contribution in [2.24, 2.45) is 0 Å². The van der Waals surface area contributed by atoms with E-state index >= 15 is 0 Å². The van der Waals surface area contributed by atoms with Gasteiger partial charge in [0.05, 0.1) is 5.39 Å². The maximum Gasteiger partial charge on any atom is 0.673 e.